The number of nitrogens with two attached hydrogens (primary N) is 1. The lowest BCUT2D eigenvalue weighted by Crippen LogP contribution is -2.49. The van der Waals surface area contributed by atoms with Crippen molar-refractivity contribution in [2.45, 2.75) is 45.2 Å². The smallest absolute Gasteiger partial charge is 0.264 e. The SMILES string of the molecule is C[C@@H]1CCC2(CCN(c3nc4c(c(=O)n3C)C(c3ccc(F)cc3)=NC4)CC2)[C@@H]1N. The first-order valence-electron chi connectivity index (χ1n) is 10.8. The molecule has 3 aliphatic rings. The minimum atomic E-state index is -0.307. The maximum Gasteiger partial charge on any atom is 0.264 e. The van der Waals surface area contributed by atoms with Crippen molar-refractivity contribution in [2.75, 3.05) is 18.0 Å². The number of benzene rings is 1. The van der Waals surface area contributed by atoms with Crippen LogP contribution in [0.4, 0.5) is 10.3 Å². The summed E-state index contributed by atoms with van der Waals surface area (Å²) in [5, 5.41) is 0. The summed E-state index contributed by atoms with van der Waals surface area (Å²) in [5.41, 5.74) is 9.29. The van der Waals surface area contributed by atoms with Crippen molar-refractivity contribution in [3.63, 3.8) is 0 Å². The molecule has 0 bridgehead atoms. The maximum absolute atomic E-state index is 13.3. The van der Waals surface area contributed by atoms with Crippen molar-refractivity contribution in [3.05, 3.63) is 57.3 Å². The Morgan fingerprint density at radius 1 is 1.17 bits per heavy atom. The van der Waals surface area contributed by atoms with Crippen molar-refractivity contribution in [1.29, 1.82) is 0 Å². The van der Waals surface area contributed by atoms with Crippen LogP contribution in [0.3, 0.4) is 0 Å². The van der Waals surface area contributed by atoms with Crippen molar-refractivity contribution in [3.8, 4) is 0 Å². The average molecular weight is 410 g/mol. The highest BCUT2D eigenvalue weighted by Crippen LogP contribution is 2.48. The van der Waals surface area contributed by atoms with E-state index in [-0.39, 0.29) is 22.8 Å². The minimum Gasteiger partial charge on any atom is -0.342 e. The van der Waals surface area contributed by atoms with Crippen LogP contribution in [0.1, 0.15) is 49.4 Å². The Bertz CT molecular complexity index is 1070. The van der Waals surface area contributed by atoms with Crippen LogP contribution in [0.5, 0.6) is 0 Å². The normalized spacial score (nSPS) is 24.9. The van der Waals surface area contributed by atoms with Gasteiger partial charge < -0.3 is 10.6 Å². The van der Waals surface area contributed by atoms with Gasteiger partial charge in [0.2, 0.25) is 5.95 Å². The van der Waals surface area contributed by atoms with Crippen LogP contribution in [0.15, 0.2) is 34.1 Å². The summed E-state index contributed by atoms with van der Waals surface area (Å²) in [7, 11) is 1.78. The standard InChI is InChI=1S/C23H28FN5O/c1-14-7-8-23(20(14)25)9-11-29(12-10-23)22-27-17-13-26-19(18(17)21(30)28(22)2)15-3-5-16(24)6-4-15/h3-6,14,20H,7-13,25H2,1-2H3/t14-,20-/m1/s1. The van der Waals surface area contributed by atoms with Gasteiger partial charge in [-0.15, -0.1) is 0 Å². The van der Waals surface area contributed by atoms with E-state index in [0.29, 0.717) is 35.4 Å². The number of rotatable bonds is 2. The molecule has 1 saturated carbocycles. The number of fused-ring (bicyclic) bond motifs is 1. The number of hydrogen-bond donors (Lipinski definition) is 1. The second-order valence-corrected chi connectivity index (χ2v) is 9.16. The monoisotopic (exact) mass is 409 g/mol. The lowest BCUT2D eigenvalue weighted by atomic mass is 9.73. The van der Waals surface area contributed by atoms with Gasteiger partial charge in [0, 0.05) is 31.7 Å². The fraction of sp³-hybridized carbons (Fsp3) is 0.522. The molecule has 0 amide bonds. The fourth-order valence-electron chi connectivity index (χ4n) is 5.55. The summed E-state index contributed by atoms with van der Waals surface area (Å²) in [6.45, 7) is 4.37. The fourth-order valence-corrected chi connectivity index (χ4v) is 5.55. The number of halogens is 1. The molecular formula is C23H28FN5O. The highest BCUT2D eigenvalue weighted by Gasteiger charge is 2.46. The molecule has 3 heterocycles. The van der Waals surface area contributed by atoms with Gasteiger partial charge in [-0.3, -0.25) is 14.4 Å². The largest absolute Gasteiger partial charge is 0.342 e. The molecule has 7 heteroatoms. The van der Waals surface area contributed by atoms with Gasteiger partial charge in [0.15, 0.2) is 0 Å². The third-order valence-corrected chi connectivity index (χ3v) is 7.54. The van der Waals surface area contributed by atoms with Gasteiger partial charge in [-0.25, -0.2) is 9.37 Å². The molecule has 30 heavy (non-hydrogen) atoms. The van der Waals surface area contributed by atoms with Crippen LogP contribution < -0.4 is 16.2 Å². The average Bonchev–Trinajstić information content (AvgIpc) is 3.29. The van der Waals surface area contributed by atoms with Gasteiger partial charge in [0.25, 0.3) is 5.56 Å². The van der Waals surface area contributed by atoms with Gasteiger partial charge >= 0.3 is 0 Å². The van der Waals surface area contributed by atoms with E-state index in [4.69, 9.17) is 10.7 Å². The molecular weight excluding hydrogens is 381 g/mol. The van der Waals surface area contributed by atoms with Crippen molar-refractivity contribution < 1.29 is 4.39 Å². The molecule has 2 N–H and O–H groups in total. The molecule has 2 fully saturated rings. The van der Waals surface area contributed by atoms with E-state index in [2.05, 4.69) is 16.8 Å². The first kappa shape index (κ1) is 19.4. The van der Waals surface area contributed by atoms with Crippen LogP contribution in [0.25, 0.3) is 0 Å². The van der Waals surface area contributed by atoms with Gasteiger partial charge in [-0.1, -0.05) is 6.92 Å². The predicted molar refractivity (Wildman–Crippen MR) is 115 cm³/mol. The number of nitrogens with zero attached hydrogens (tertiary/aromatic N) is 4. The minimum absolute atomic E-state index is 0.0953. The Hall–Kier alpha value is -2.54. The van der Waals surface area contributed by atoms with E-state index in [9.17, 15) is 9.18 Å². The van der Waals surface area contributed by atoms with Crippen molar-refractivity contribution in [1.82, 2.24) is 9.55 Å². The molecule has 2 aliphatic heterocycles. The van der Waals surface area contributed by atoms with Crippen molar-refractivity contribution >= 4 is 11.7 Å². The number of piperidine rings is 1. The Morgan fingerprint density at radius 2 is 1.87 bits per heavy atom. The molecule has 1 spiro atoms. The predicted octanol–water partition coefficient (Wildman–Crippen LogP) is 2.61. The van der Waals surface area contributed by atoms with E-state index < -0.39 is 0 Å². The van der Waals surface area contributed by atoms with Crippen molar-refractivity contribution in [2.24, 2.45) is 29.1 Å². The van der Waals surface area contributed by atoms with Gasteiger partial charge in [-0.05, 0) is 61.3 Å². The van der Waals surface area contributed by atoms with E-state index in [1.807, 2.05) is 0 Å². The van der Waals surface area contributed by atoms with E-state index in [0.717, 1.165) is 31.5 Å². The summed E-state index contributed by atoms with van der Waals surface area (Å²) in [4.78, 5) is 24.9. The zero-order chi connectivity index (χ0) is 21.0. The molecule has 6 nitrogen and oxygen atoms in total. The van der Waals surface area contributed by atoms with Gasteiger partial charge in [0.05, 0.1) is 23.5 Å². The van der Waals surface area contributed by atoms with Gasteiger partial charge in [-0.2, -0.15) is 0 Å². The molecule has 158 valence electrons. The second kappa shape index (κ2) is 7.01. The summed E-state index contributed by atoms with van der Waals surface area (Å²) in [6, 6.07) is 6.36. The highest BCUT2D eigenvalue weighted by molar-refractivity contribution is 6.14. The Kier molecular flexibility index (Phi) is 4.54. The molecule has 2 aromatic rings. The number of anilines is 1. The summed E-state index contributed by atoms with van der Waals surface area (Å²) >= 11 is 0. The highest BCUT2D eigenvalue weighted by atomic mass is 19.1. The molecule has 1 aliphatic carbocycles. The zero-order valence-corrected chi connectivity index (χ0v) is 17.6. The third-order valence-electron chi connectivity index (χ3n) is 7.54. The summed E-state index contributed by atoms with van der Waals surface area (Å²) < 4.78 is 14.9. The second-order valence-electron chi connectivity index (χ2n) is 9.16. The zero-order valence-electron chi connectivity index (χ0n) is 17.6. The van der Waals surface area contributed by atoms with E-state index in [1.165, 1.54) is 25.0 Å². The molecule has 5 rings (SSSR count). The molecule has 0 radical (unpaired) electrons. The van der Waals surface area contributed by atoms with E-state index in [1.54, 1.807) is 23.7 Å². The molecule has 2 atom stereocenters. The topological polar surface area (TPSA) is 76.5 Å². The lowest BCUT2D eigenvalue weighted by molar-refractivity contribution is 0.185. The number of aliphatic imine (C=N–C) groups is 1. The van der Waals surface area contributed by atoms with Crippen LogP contribution in [-0.4, -0.2) is 34.4 Å². The Balaban J connectivity index is 1.43. The quantitative estimate of drug-likeness (QED) is 0.827. The third kappa shape index (κ3) is 2.90. The Morgan fingerprint density at radius 3 is 2.50 bits per heavy atom. The summed E-state index contributed by atoms with van der Waals surface area (Å²) in [6.07, 6.45) is 4.50. The van der Waals surface area contributed by atoms with Crippen LogP contribution in [0.2, 0.25) is 0 Å². The maximum atomic E-state index is 13.3. The molecule has 1 saturated heterocycles. The van der Waals surface area contributed by atoms with Crippen LogP contribution >= 0.6 is 0 Å². The first-order valence-corrected chi connectivity index (χ1v) is 10.8. The summed E-state index contributed by atoms with van der Waals surface area (Å²) in [5.74, 6) is 0.989. The van der Waals surface area contributed by atoms with Crippen LogP contribution in [0, 0.1) is 17.2 Å². The van der Waals surface area contributed by atoms with Gasteiger partial charge in [0.1, 0.15) is 5.82 Å². The van der Waals surface area contributed by atoms with Crippen LogP contribution in [-0.2, 0) is 13.6 Å². The molecule has 0 unspecified atom stereocenters. The lowest BCUT2D eigenvalue weighted by Gasteiger charge is -2.43. The number of aromatic nitrogens is 2. The first-order chi connectivity index (χ1) is 14.4. The van der Waals surface area contributed by atoms with E-state index >= 15 is 0 Å². The number of hydrogen-bond acceptors (Lipinski definition) is 5. The molecule has 1 aromatic carbocycles. The Labute approximate surface area is 175 Å². The molecule has 1 aromatic heterocycles.